The Morgan fingerprint density at radius 1 is 1.18 bits per heavy atom. The van der Waals surface area contributed by atoms with Gasteiger partial charge in [-0.2, -0.15) is 0 Å². The topological polar surface area (TPSA) is 35.4 Å². The van der Waals surface area contributed by atoms with Crippen molar-refractivity contribution in [3.05, 3.63) is 47.8 Å². The molecule has 1 saturated carbocycles. The van der Waals surface area contributed by atoms with Crippen LogP contribution in [0.25, 0.3) is 0 Å². The predicted octanol–water partition coefficient (Wildman–Crippen LogP) is 3.04. The Labute approximate surface area is 131 Å². The van der Waals surface area contributed by atoms with Gasteiger partial charge in [-0.15, -0.1) is 0 Å². The molecule has 1 aliphatic heterocycles. The third kappa shape index (κ3) is 2.83. The van der Waals surface area contributed by atoms with E-state index >= 15 is 0 Å². The van der Waals surface area contributed by atoms with E-state index < -0.39 is 0 Å². The first-order chi connectivity index (χ1) is 10.8. The van der Waals surface area contributed by atoms with Crippen molar-refractivity contribution in [2.75, 3.05) is 13.2 Å². The molecule has 1 atom stereocenters. The van der Waals surface area contributed by atoms with Crippen molar-refractivity contribution in [3.8, 4) is 11.5 Å². The van der Waals surface area contributed by atoms with Gasteiger partial charge in [0.05, 0.1) is 0 Å². The van der Waals surface area contributed by atoms with Crippen molar-refractivity contribution in [1.82, 2.24) is 9.88 Å². The standard InChI is InChI=1S/C18H22N2O2/c1-20-7-6-13(12-20)11-19-18(14-2-3-14)15-4-5-16-17(10-15)22-9-8-21-16/h4-7,10,12,14,18-19H,2-3,8-9,11H2,1H3. The lowest BCUT2D eigenvalue weighted by molar-refractivity contribution is 0.171. The van der Waals surface area contributed by atoms with E-state index in [-0.39, 0.29) is 0 Å². The Morgan fingerprint density at radius 3 is 2.73 bits per heavy atom. The average molecular weight is 298 g/mol. The molecule has 22 heavy (non-hydrogen) atoms. The lowest BCUT2D eigenvalue weighted by atomic mass is 10.0. The Bertz CT molecular complexity index is 661. The highest BCUT2D eigenvalue weighted by Gasteiger charge is 2.32. The van der Waals surface area contributed by atoms with E-state index in [1.165, 1.54) is 24.0 Å². The maximum absolute atomic E-state index is 5.72. The molecule has 0 amide bonds. The fourth-order valence-electron chi connectivity index (χ4n) is 3.13. The van der Waals surface area contributed by atoms with Crippen LogP contribution < -0.4 is 14.8 Å². The van der Waals surface area contributed by atoms with Crippen molar-refractivity contribution in [2.24, 2.45) is 13.0 Å². The predicted molar refractivity (Wildman–Crippen MR) is 85.1 cm³/mol. The van der Waals surface area contributed by atoms with Gasteiger partial charge in [0, 0.05) is 32.0 Å². The monoisotopic (exact) mass is 298 g/mol. The second-order valence-electron chi connectivity index (χ2n) is 6.28. The van der Waals surface area contributed by atoms with E-state index in [9.17, 15) is 0 Å². The average Bonchev–Trinajstić information content (AvgIpc) is 3.29. The summed E-state index contributed by atoms with van der Waals surface area (Å²) in [5, 5.41) is 3.72. The van der Waals surface area contributed by atoms with Gasteiger partial charge in [-0.3, -0.25) is 0 Å². The summed E-state index contributed by atoms with van der Waals surface area (Å²) in [6, 6.07) is 8.93. The summed E-state index contributed by atoms with van der Waals surface area (Å²) in [6.45, 7) is 2.18. The molecule has 1 unspecified atom stereocenters. The molecule has 4 nitrogen and oxygen atoms in total. The smallest absolute Gasteiger partial charge is 0.161 e. The van der Waals surface area contributed by atoms with Gasteiger partial charge in [0.1, 0.15) is 13.2 Å². The van der Waals surface area contributed by atoms with Crippen LogP contribution in [0, 0.1) is 5.92 Å². The second kappa shape index (κ2) is 5.69. The summed E-state index contributed by atoms with van der Waals surface area (Å²) in [5.74, 6) is 2.50. The summed E-state index contributed by atoms with van der Waals surface area (Å²) in [5.41, 5.74) is 2.63. The molecule has 4 rings (SSSR count). The summed E-state index contributed by atoms with van der Waals surface area (Å²) in [4.78, 5) is 0. The van der Waals surface area contributed by atoms with Crippen LogP contribution in [0.5, 0.6) is 11.5 Å². The van der Waals surface area contributed by atoms with Crippen LogP contribution in [0.1, 0.15) is 30.0 Å². The molecule has 0 radical (unpaired) electrons. The number of rotatable bonds is 5. The van der Waals surface area contributed by atoms with E-state index in [1.807, 2.05) is 6.07 Å². The zero-order valence-corrected chi connectivity index (χ0v) is 12.9. The first-order valence-electron chi connectivity index (χ1n) is 8.03. The fraction of sp³-hybridized carbons (Fsp3) is 0.444. The van der Waals surface area contributed by atoms with Crippen LogP contribution in [-0.4, -0.2) is 17.8 Å². The van der Waals surface area contributed by atoms with Crippen molar-refractivity contribution in [2.45, 2.75) is 25.4 Å². The molecular formula is C18H22N2O2. The normalized spacial score (nSPS) is 18.2. The number of aromatic nitrogens is 1. The number of hydrogen-bond donors (Lipinski definition) is 1. The molecule has 4 heteroatoms. The number of ether oxygens (including phenoxy) is 2. The van der Waals surface area contributed by atoms with Gasteiger partial charge < -0.3 is 19.4 Å². The molecule has 1 aliphatic carbocycles. The van der Waals surface area contributed by atoms with Gasteiger partial charge in [0.2, 0.25) is 0 Å². The molecule has 2 heterocycles. The van der Waals surface area contributed by atoms with E-state index in [2.05, 4.69) is 47.5 Å². The van der Waals surface area contributed by atoms with Crippen molar-refractivity contribution in [1.29, 1.82) is 0 Å². The van der Waals surface area contributed by atoms with Gasteiger partial charge in [0.25, 0.3) is 0 Å². The Morgan fingerprint density at radius 2 is 2.00 bits per heavy atom. The van der Waals surface area contributed by atoms with E-state index in [0.29, 0.717) is 19.3 Å². The van der Waals surface area contributed by atoms with Crippen LogP contribution in [0.4, 0.5) is 0 Å². The number of hydrogen-bond acceptors (Lipinski definition) is 3. The fourth-order valence-corrected chi connectivity index (χ4v) is 3.13. The molecule has 0 saturated heterocycles. The number of fused-ring (bicyclic) bond motifs is 1. The minimum Gasteiger partial charge on any atom is -0.486 e. The molecule has 2 aliphatic rings. The van der Waals surface area contributed by atoms with E-state index in [0.717, 1.165) is 24.0 Å². The lowest BCUT2D eigenvalue weighted by Crippen LogP contribution is -2.23. The van der Waals surface area contributed by atoms with Crippen molar-refractivity contribution < 1.29 is 9.47 Å². The summed E-state index contributed by atoms with van der Waals surface area (Å²) in [7, 11) is 2.06. The van der Waals surface area contributed by atoms with Crippen LogP contribution in [-0.2, 0) is 13.6 Å². The Balaban J connectivity index is 1.51. The third-order valence-corrected chi connectivity index (χ3v) is 4.44. The van der Waals surface area contributed by atoms with Crippen LogP contribution in [0.3, 0.4) is 0 Å². The maximum atomic E-state index is 5.72. The van der Waals surface area contributed by atoms with Gasteiger partial charge in [-0.25, -0.2) is 0 Å². The molecule has 0 bridgehead atoms. The SMILES string of the molecule is Cn1ccc(CNC(c2ccc3c(c2)OCCO3)C2CC2)c1. The van der Waals surface area contributed by atoms with E-state index in [4.69, 9.17) is 9.47 Å². The molecule has 1 aromatic heterocycles. The summed E-state index contributed by atoms with van der Waals surface area (Å²) >= 11 is 0. The molecule has 116 valence electrons. The third-order valence-electron chi connectivity index (χ3n) is 4.44. The maximum Gasteiger partial charge on any atom is 0.161 e. The number of aryl methyl sites for hydroxylation is 1. The highest BCUT2D eigenvalue weighted by atomic mass is 16.6. The van der Waals surface area contributed by atoms with Crippen molar-refractivity contribution >= 4 is 0 Å². The van der Waals surface area contributed by atoms with Gasteiger partial charge in [0.15, 0.2) is 11.5 Å². The van der Waals surface area contributed by atoms with Crippen LogP contribution >= 0.6 is 0 Å². The highest BCUT2D eigenvalue weighted by Crippen LogP contribution is 2.43. The molecule has 1 N–H and O–H groups in total. The number of nitrogens with one attached hydrogen (secondary N) is 1. The highest BCUT2D eigenvalue weighted by molar-refractivity contribution is 5.45. The van der Waals surface area contributed by atoms with Gasteiger partial charge in [-0.1, -0.05) is 6.07 Å². The summed E-state index contributed by atoms with van der Waals surface area (Å²) < 4.78 is 13.4. The Kier molecular flexibility index (Phi) is 3.54. The zero-order chi connectivity index (χ0) is 14.9. The minimum absolute atomic E-state index is 0.399. The first kappa shape index (κ1) is 13.7. The van der Waals surface area contributed by atoms with Gasteiger partial charge in [-0.05, 0) is 48.1 Å². The lowest BCUT2D eigenvalue weighted by Gasteiger charge is -2.23. The molecule has 0 spiro atoms. The van der Waals surface area contributed by atoms with Crippen molar-refractivity contribution in [3.63, 3.8) is 0 Å². The van der Waals surface area contributed by atoms with Crippen LogP contribution in [0.15, 0.2) is 36.7 Å². The van der Waals surface area contributed by atoms with Gasteiger partial charge >= 0.3 is 0 Å². The first-order valence-corrected chi connectivity index (χ1v) is 8.03. The molecule has 1 fully saturated rings. The number of benzene rings is 1. The largest absolute Gasteiger partial charge is 0.486 e. The Hall–Kier alpha value is -1.94. The summed E-state index contributed by atoms with van der Waals surface area (Å²) in [6.07, 6.45) is 6.87. The quantitative estimate of drug-likeness (QED) is 0.921. The van der Waals surface area contributed by atoms with E-state index in [1.54, 1.807) is 0 Å². The zero-order valence-electron chi connectivity index (χ0n) is 12.9. The minimum atomic E-state index is 0.399. The number of nitrogens with zero attached hydrogens (tertiary/aromatic N) is 1. The second-order valence-corrected chi connectivity index (χ2v) is 6.28. The van der Waals surface area contributed by atoms with Crippen LogP contribution in [0.2, 0.25) is 0 Å². The molecule has 1 aromatic carbocycles. The molecular weight excluding hydrogens is 276 g/mol. The molecule has 2 aromatic rings.